The summed E-state index contributed by atoms with van der Waals surface area (Å²) in [5, 5.41) is 4.19. The molecule has 0 bridgehead atoms. The molecule has 0 saturated carbocycles. The number of hydrogen-bond donors (Lipinski definition) is 1. The monoisotopic (exact) mass is 208 g/mol. The Morgan fingerprint density at radius 1 is 1.53 bits per heavy atom. The van der Waals surface area contributed by atoms with Crippen LogP contribution in [-0.4, -0.2) is 34.9 Å². The van der Waals surface area contributed by atoms with Gasteiger partial charge in [-0.25, -0.2) is 4.68 Å². The van der Waals surface area contributed by atoms with Gasteiger partial charge in [0.1, 0.15) is 6.61 Å². The maximum absolute atomic E-state index is 11.9. The fraction of sp³-hybridized carbons (Fsp3) is 0.556. The number of amides is 1. The molecule has 6 heteroatoms. The highest BCUT2D eigenvalue weighted by Gasteiger charge is 2.33. The highest BCUT2D eigenvalue weighted by Crippen LogP contribution is 2.33. The van der Waals surface area contributed by atoms with Gasteiger partial charge >= 0.3 is 0 Å². The zero-order valence-electron chi connectivity index (χ0n) is 8.22. The standard InChI is InChI=1S/C9H12N4O2/c10-6-1-2-13-8-7(5-11-13)15-4-3-12(8)9(6)14/h5-6H,1-4,10H2. The molecule has 0 saturated heterocycles. The van der Waals surface area contributed by atoms with E-state index in [0.29, 0.717) is 31.9 Å². The molecule has 2 N–H and O–H groups in total. The van der Waals surface area contributed by atoms with E-state index in [4.69, 9.17) is 10.5 Å². The number of carbonyl (C=O) groups excluding carboxylic acids is 1. The molecule has 3 heterocycles. The second-order valence-electron chi connectivity index (χ2n) is 3.79. The second-order valence-corrected chi connectivity index (χ2v) is 3.79. The van der Waals surface area contributed by atoms with Gasteiger partial charge in [-0.2, -0.15) is 5.10 Å². The van der Waals surface area contributed by atoms with Crippen molar-refractivity contribution in [3.8, 4) is 5.75 Å². The maximum atomic E-state index is 11.9. The first-order valence-corrected chi connectivity index (χ1v) is 5.03. The third kappa shape index (κ3) is 1.14. The van der Waals surface area contributed by atoms with Crippen LogP contribution in [0.25, 0.3) is 0 Å². The minimum Gasteiger partial charge on any atom is -0.486 e. The summed E-state index contributed by atoms with van der Waals surface area (Å²) in [6, 6.07) is -0.419. The normalized spacial score (nSPS) is 24.5. The number of rotatable bonds is 0. The molecule has 1 aromatic heterocycles. The molecule has 1 unspecified atom stereocenters. The van der Waals surface area contributed by atoms with Crippen LogP contribution in [0, 0.1) is 0 Å². The fourth-order valence-corrected chi connectivity index (χ4v) is 2.05. The molecule has 6 nitrogen and oxygen atoms in total. The number of nitrogens with zero attached hydrogens (tertiary/aromatic N) is 3. The minimum absolute atomic E-state index is 0.0289. The van der Waals surface area contributed by atoms with Crippen molar-refractivity contribution in [2.45, 2.75) is 19.0 Å². The summed E-state index contributed by atoms with van der Waals surface area (Å²) in [6.07, 6.45) is 2.29. The highest BCUT2D eigenvalue weighted by molar-refractivity contribution is 5.98. The van der Waals surface area contributed by atoms with Crippen molar-refractivity contribution in [2.75, 3.05) is 18.1 Å². The summed E-state index contributed by atoms with van der Waals surface area (Å²) in [7, 11) is 0. The van der Waals surface area contributed by atoms with Gasteiger partial charge in [-0.1, -0.05) is 0 Å². The van der Waals surface area contributed by atoms with Crippen molar-refractivity contribution in [1.29, 1.82) is 0 Å². The minimum atomic E-state index is -0.419. The largest absolute Gasteiger partial charge is 0.486 e. The van der Waals surface area contributed by atoms with E-state index in [9.17, 15) is 4.79 Å². The SMILES string of the molecule is NC1CCn2ncc3c2N(CCO3)C1=O. The summed E-state index contributed by atoms with van der Waals surface area (Å²) in [4.78, 5) is 13.6. The molecule has 2 aliphatic rings. The molecule has 0 aliphatic carbocycles. The Hall–Kier alpha value is -1.56. The zero-order valence-corrected chi connectivity index (χ0v) is 8.22. The number of hydrogen-bond acceptors (Lipinski definition) is 4. The quantitative estimate of drug-likeness (QED) is 0.614. The zero-order chi connectivity index (χ0) is 10.4. The third-order valence-corrected chi connectivity index (χ3v) is 2.84. The van der Waals surface area contributed by atoms with Gasteiger partial charge in [0.05, 0.1) is 18.8 Å². The predicted molar refractivity (Wildman–Crippen MR) is 52.7 cm³/mol. The van der Waals surface area contributed by atoms with E-state index in [0.717, 1.165) is 5.82 Å². The number of anilines is 1. The van der Waals surface area contributed by atoms with Gasteiger partial charge in [0.2, 0.25) is 5.91 Å². The van der Waals surface area contributed by atoms with E-state index < -0.39 is 6.04 Å². The van der Waals surface area contributed by atoms with Crippen LogP contribution in [0.1, 0.15) is 6.42 Å². The first-order valence-electron chi connectivity index (χ1n) is 5.03. The van der Waals surface area contributed by atoms with Gasteiger partial charge in [0, 0.05) is 6.54 Å². The van der Waals surface area contributed by atoms with Crippen LogP contribution >= 0.6 is 0 Å². The number of carbonyl (C=O) groups is 1. The molecule has 0 radical (unpaired) electrons. The predicted octanol–water partition coefficient (Wildman–Crippen LogP) is -0.661. The van der Waals surface area contributed by atoms with Gasteiger partial charge < -0.3 is 10.5 Å². The van der Waals surface area contributed by atoms with E-state index in [-0.39, 0.29) is 5.91 Å². The van der Waals surface area contributed by atoms with Crippen molar-refractivity contribution < 1.29 is 9.53 Å². The third-order valence-electron chi connectivity index (χ3n) is 2.84. The van der Waals surface area contributed by atoms with Crippen molar-refractivity contribution >= 4 is 11.7 Å². The lowest BCUT2D eigenvalue weighted by atomic mass is 10.2. The van der Waals surface area contributed by atoms with E-state index in [2.05, 4.69) is 5.10 Å². The Bertz CT molecular complexity index is 414. The first-order chi connectivity index (χ1) is 7.27. The van der Waals surface area contributed by atoms with E-state index >= 15 is 0 Å². The lowest BCUT2D eigenvalue weighted by Crippen LogP contribution is -2.46. The van der Waals surface area contributed by atoms with Crippen LogP contribution in [0.5, 0.6) is 5.75 Å². The summed E-state index contributed by atoms with van der Waals surface area (Å²) in [5.74, 6) is 1.42. The lowest BCUT2D eigenvalue weighted by molar-refractivity contribution is -0.120. The average molecular weight is 208 g/mol. The summed E-state index contributed by atoms with van der Waals surface area (Å²) in [5.41, 5.74) is 5.78. The molecule has 2 aliphatic heterocycles. The Morgan fingerprint density at radius 2 is 2.40 bits per heavy atom. The van der Waals surface area contributed by atoms with Crippen LogP contribution in [0.3, 0.4) is 0 Å². The van der Waals surface area contributed by atoms with Gasteiger partial charge in [-0.15, -0.1) is 0 Å². The van der Waals surface area contributed by atoms with Gasteiger partial charge in [0.15, 0.2) is 11.6 Å². The topological polar surface area (TPSA) is 73.4 Å². The van der Waals surface area contributed by atoms with E-state index in [1.165, 1.54) is 0 Å². The number of nitrogens with two attached hydrogens (primary N) is 1. The van der Waals surface area contributed by atoms with Crippen molar-refractivity contribution in [3.05, 3.63) is 6.20 Å². The van der Waals surface area contributed by atoms with Gasteiger partial charge in [-0.05, 0) is 6.42 Å². The molecule has 3 rings (SSSR count). The van der Waals surface area contributed by atoms with Crippen LogP contribution in [0.2, 0.25) is 0 Å². The number of ether oxygens (including phenoxy) is 1. The van der Waals surface area contributed by atoms with Crippen molar-refractivity contribution in [2.24, 2.45) is 5.73 Å². The number of aryl methyl sites for hydroxylation is 1. The Kier molecular flexibility index (Phi) is 1.72. The molecule has 80 valence electrons. The van der Waals surface area contributed by atoms with E-state index in [1.807, 2.05) is 0 Å². The summed E-state index contributed by atoms with van der Waals surface area (Å²) >= 11 is 0. The molecule has 0 spiro atoms. The number of aromatic nitrogens is 2. The smallest absolute Gasteiger partial charge is 0.245 e. The summed E-state index contributed by atoms with van der Waals surface area (Å²) in [6.45, 7) is 1.74. The Labute approximate surface area is 86.6 Å². The van der Waals surface area contributed by atoms with Crippen molar-refractivity contribution in [1.82, 2.24) is 9.78 Å². The molecular formula is C9H12N4O2. The van der Waals surface area contributed by atoms with Crippen LogP contribution in [-0.2, 0) is 11.3 Å². The van der Waals surface area contributed by atoms with Gasteiger partial charge in [0.25, 0.3) is 0 Å². The molecule has 0 aromatic carbocycles. The molecule has 15 heavy (non-hydrogen) atoms. The van der Waals surface area contributed by atoms with Crippen LogP contribution in [0.15, 0.2) is 6.20 Å². The van der Waals surface area contributed by atoms with Crippen LogP contribution in [0.4, 0.5) is 5.82 Å². The Morgan fingerprint density at radius 3 is 3.27 bits per heavy atom. The molecule has 1 atom stereocenters. The molecule has 1 aromatic rings. The van der Waals surface area contributed by atoms with Gasteiger partial charge in [-0.3, -0.25) is 9.69 Å². The maximum Gasteiger partial charge on any atom is 0.245 e. The summed E-state index contributed by atoms with van der Waals surface area (Å²) < 4.78 is 7.22. The molecule has 1 amide bonds. The first kappa shape index (κ1) is 8.72. The van der Waals surface area contributed by atoms with Crippen LogP contribution < -0.4 is 15.4 Å². The molecular weight excluding hydrogens is 196 g/mol. The lowest BCUT2D eigenvalue weighted by Gasteiger charge is -2.27. The fourth-order valence-electron chi connectivity index (χ4n) is 2.05. The highest BCUT2D eigenvalue weighted by atomic mass is 16.5. The molecule has 0 fully saturated rings. The van der Waals surface area contributed by atoms with Crippen molar-refractivity contribution in [3.63, 3.8) is 0 Å². The Balaban J connectivity index is 2.12. The second kappa shape index (κ2) is 2.96. The van der Waals surface area contributed by atoms with E-state index in [1.54, 1.807) is 15.8 Å². The average Bonchev–Trinajstić information content (AvgIpc) is 2.62.